The lowest BCUT2D eigenvalue weighted by Crippen LogP contribution is -2.10. The molecule has 1 aromatic heterocycles. The smallest absolute Gasteiger partial charge is 0.136 e. The molecule has 0 saturated carbocycles. The minimum atomic E-state index is 0.914. The van der Waals surface area contributed by atoms with Gasteiger partial charge in [0.05, 0.1) is 5.69 Å². The first-order valence-electron chi connectivity index (χ1n) is 15.7. The Morgan fingerprint density at radius 3 is 1.78 bits per heavy atom. The van der Waals surface area contributed by atoms with Crippen molar-refractivity contribution in [2.24, 2.45) is 0 Å². The van der Waals surface area contributed by atoms with E-state index >= 15 is 0 Å². The lowest BCUT2D eigenvalue weighted by atomic mass is 9.97. The van der Waals surface area contributed by atoms with E-state index in [1.165, 1.54) is 38.4 Å². The Bertz CT molecular complexity index is 2510. The molecule has 0 atom stereocenters. The minimum absolute atomic E-state index is 0.914. The number of hydrogen-bond acceptors (Lipinski definition) is 2. The Morgan fingerprint density at radius 1 is 0.348 bits per heavy atom. The first-order chi connectivity index (χ1) is 22.8. The summed E-state index contributed by atoms with van der Waals surface area (Å²) < 4.78 is 6.26. The molecule has 46 heavy (non-hydrogen) atoms. The number of nitrogens with zero attached hydrogens (tertiary/aromatic N) is 1. The second-order valence-electron chi connectivity index (χ2n) is 11.8. The van der Waals surface area contributed by atoms with E-state index in [2.05, 4.69) is 169 Å². The lowest BCUT2D eigenvalue weighted by Gasteiger charge is -2.27. The van der Waals surface area contributed by atoms with Crippen LogP contribution in [0.1, 0.15) is 0 Å². The van der Waals surface area contributed by atoms with Gasteiger partial charge < -0.3 is 9.32 Å². The number of benzene rings is 8. The van der Waals surface area contributed by atoms with Crippen LogP contribution in [-0.4, -0.2) is 0 Å². The maximum absolute atomic E-state index is 6.26. The summed E-state index contributed by atoms with van der Waals surface area (Å²) in [6, 6.07) is 62.8. The molecule has 0 saturated heterocycles. The maximum atomic E-state index is 6.26. The third-order valence-electron chi connectivity index (χ3n) is 9.02. The highest BCUT2D eigenvalue weighted by atomic mass is 16.3. The maximum Gasteiger partial charge on any atom is 0.136 e. The number of rotatable bonds is 5. The van der Waals surface area contributed by atoms with Gasteiger partial charge in [0, 0.05) is 27.5 Å². The monoisotopic (exact) mass is 587 g/mol. The third kappa shape index (κ3) is 4.43. The van der Waals surface area contributed by atoms with Gasteiger partial charge in [-0.3, -0.25) is 0 Å². The zero-order valence-corrected chi connectivity index (χ0v) is 25.1. The highest BCUT2D eigenvalue weighted by Gasteiger charge is 2.18. The molecule has 0 unspecified atom stereocenters. The van der Waals surface area contributed by atoms with Crippen molar-refractivity contribution < 1.29 is 4.42 Å². The first kappa shape index (κ1) is 26.3. The fraction of sp³-hybridized carbons (Fsp3) is 0. The van der Waals surface area contributed by atoms with Crippen LogP contribution < -0.4 is 4.90 Å². The number of fused-ring (bicyclic) bond motifs is 6. The Labute approximate surface area is 267 Å². The van der Waals surface area contributed by atoms with Crippen molar-refractivity contribution >= 4 is 60.5 Å². The Balaban J connectivity index is 1.22. The van der Waals surface area contributed by atoms with Crippen molar-refractivity contribution in [2.75, 3.05) is 4.90 Å². The summed E-state index contributed by atoms with van der Waals surface area (Å²) in [6.45, 7) is 0. The average molecular weight is 588 g/mol. The third-order valence-corrected chi connectivity index (χ3v) is 9.02. The molecule has 2 nitrogen and oxygen atoms in total. The average Bonchev–Trinajstić information content (AvgIpc) is 3.49. The lowest BCUT2D eigenvalue weighted by molar-refractivity contribution is 0.669. The quantitative estimate of drug-likeness (QED) is 0.186. The first-order valence-corrected chi connectivity index (χ1v) is 15.7. The van der Waals surface area contributed by atoms with Gasteiger partial charge in [-0.2, -0.15) is 0 Å². The van der Waals surface area contributed by atoms with Gasteiger partial charge in [-0.25, -0.2) is 0 Å². The van der Waals surface area contributed by atoms with E-state index < -0.39 is 0 Å². The summed E-state index contributed by atoms with van der Waals surface area (Å²) in [5.74, 6) is 0. The summed E-state index contributed by atoms with van der Waals surface area (Å²) in [4.78, 5) is 2.38. The van der Waals surface area contributed by atoms with Gasteiger partial charge in [-0.05, 0) is 93.0 Å². The molecule has 8 aromatic carbocycles. The molecule has 0 aliphatic carbocycles. The van der Waals surface area contributed by atoms with Crippen LogP contribution in [0.4, 0.5) is 17.1 Å². The van der Waals surface area contributed by atoms with E-state index in [4.69, 9.17) is 4.42 Å². The zero-order valence-electron chi connectivity index (χ0n) is 25.1. The van der Waals surface area contributed by atoms with Crippen LogP contribution in [0.2, 0.25) is 0 Å². The van der Waals surface area contributed by atoms with Crippen molar-refractivity contribution in [1.82, 2.24) is 0 Å². The molecule has 2 heteroatoms. The molecule has 1 heterocycles. The van der Waals surface area contributed by atoms with Gasteiger partial charge >= 0.3 is 0 Å². The predicted molar refractivity (Wildman–Crippen MR) is 194 cm³/mol. The molecule has 0 fully saturated rings. The van der Waals surface area contributed by atoms with Crippen LogP contribution in [0.15, 0.2) is 180 Å². The topological polar surface area (TPSA) is 16.4 Å². The fourth-order valence-electron chi connectivity index (χ4n) is 6.81. The standard InChI is InChI=1S/C44H29NO/c1-3-11-30(12-4-1)33-14-9-15-34(27-33)31-23-25-37(26-24-31)45(36-16-5-2-6-17-36)41-19-10-13-32-21-22-35-28-43-40(29-39(35)44(32)41)38-18-7-8-20-42(38)46-43/h1-29H. The SMILES string of the molecule is c1ccc(-c2cccc(-c3ccc(N(c4ccccc4)c4cccc5ccc6cc7oc8ccccc8c7cc6c45)cc3)c2)cc1. The zero-order chi connectivity index (χ0) is 30.5. The molecule has 9 aromatic rings. The number of anilines is 3. The predicted octanol–water partition coefficient (Wildman–Crippen LogP) is 12.7. The second-order valence-corrected chi connectivity index (χ2v) is 11.8. The van der Waals surface area contributed by atoms with Crippen molar-refractivity contribution in [3.63, 3.8) is 0 Å². The van der Waals surface area contributed by atoms with E-state index in [9.17, 15) is 0 Å². The van der Waals surface area contributed by atoms with E-state index in [0.717, 1.165) is 44.4 Å². The summed E-state index contributed by atoms with van der Waals surface area (Å²) in [7, 11) is 0. The van der Waals surface area contributed by atoms with Crippen LogP contribution in [0.25, 0.3) is 65.7 Å². The second kappa shape index (κ2) is 10.8. The molecule has 216 valence electrons. The van der Waals surface area contributed by atoms with Crippen molar-refractivity contribution in [3.8, 4) is 22.3 Å². The van der Waals surface area contributed by atoms with E-state index in [1.807, 2.05) is 12.1 Å². The minimum Gasteiger partial charge on any atom is -0.456 e. The summed E-state index contributed by atoms with van der Waals surface area (Å²) >= 11 is 0. The van der Waals surface area contributed by atoms with E-state index in [1.54, 1.807) is 0 Å². The molecule has 0 radical (unpaired) electrons. The van der Waals surface area contributed by atoms with E-state index in [-0.39, 0.29) is 0 Å². The Morgan fingerprint density at radius 2 is 0.978 bits per heavy atom. The van der Waals surface area contributed by atoms with Gasteiger partial charge in [0.25, 0.3) is 0 Å². The largest absolute Gasteiger partial charge is 0.456 e. The van der Waals surface area contributed by atoms with E-state index in [0.29, 0.717) is 0 Å². The van der Waals surface area contributed by atoms with Crippen LogP contribution in [0.3, 0.4) is 0 Å². The summed E-state index contributed by atoms with van der Waals surface area (Å²) in [6.07, 6.45) is 0. The van der Waals surface area contributed by atoms with Crippen molar-refractivity contribution in [3.05, 3.63) is 176 Å². The van der Waals surface area contributed by atoms with Gasteiger partial charge in [-0.1, -0.05) is 121 Å². The van der Waals surface area contributed by atoms with Crippen LogP contribution in [0, 0.1) is 0 Å². The highest BCUT2D eigenvalue weighted by Crippen LogP contribution is 2.43. The molecule has 0 amide bonds. The van der Waals surface area contributed by atoms with Crippen LogP contribution >= 0.6 is 0 Å². The highest BCUT2D eigenvalue weighted by molar-refractivity contribution is 6.20. The van der Waals surface area contributed by atoms with Gasteiger partial charge in [0.15, 0.2) is 0 Å². The number of furan rings is 1. The molecule has 0 spiro atoms. The van der Waals surface area contributed by atoms with Gasteiger partial charge in [0.2, 0.25) is 0 Å². The summed E-state index contributed by atoms with van der Waals surface area (Å²) in [5, 5.41) is 7.07. The Hall–Kier alpha value is -6.12. The molecule has 9 rings (SSSR count). The number of hydrogen-bond donors (Lipinski definition) is 0. The normalized spacial score (nSPS) is 11.5. The van der Waals surface area contributed by atoms with Crippen molar-refractivity contribution in [1.29, 1.82) is 0 Å². The van der Waals surface area contributed by atoms with Gasteiger partial charge in [-0.15, -0.1) is 0 Å². The van der Waals surface area contributed by atoms with Crippen LogP contribution in [0.5, 0.6) is 0 Å². The number of para-hydroxylation sites is 2. The fourth-order valence-corrected chi connectivity index (χ4v) is 6.81. The van der Waals surface area contributed by atoms with Gasteiger partial charge in [0.1, 0.15) is 11.2 Å². The molecule has 0 bridgehead atoms. The van der Waals surface area contributed by atoms with Crippen LogP contribution in [-0.2, 0) is 0 Å². The molecule has 0 aliphatic rings. The Kier molecular flexibility index (Phi) is 6.17. The molecular weight excluding hydrogens is 558 g/mol. The molecular formula is C44H29NO. The summed E-state index contributed by atoms with van der Waals surface area (Å²) in [5.41, 5.74) is 10.0. The molecule has 0 N–H and O–H groups in total. The van der Waals surface area contributed by atoms with Crippen molar-refractivity contribution in [2.45, 2.75) is 0 Å². The molecule has 0 aliphatic heterocycles.